The number of hydrogen-bond donors (Lipinski definition) is 0. The second kappa shape index (κ2) is 7.45. The van der Waals surface area contributed by atoms with E-state index in [0.717, 1.165) is 11.1 Å². The van der Waals surface area contributed by atoms with Crippen molar-refractivity contribution in [3.8, 4) is 0 Å². The Hall–Kier alpha value is -2.56. The van der Waals surface area contributed by atoms with E-state index >= 15 is 0 Å². The molecule has 22 heavy (non-hydrogen) atoms. The molecule has 0 aliphatic carbocycles. The maximum atomic E-state index is 11.3. The third kappa shape index (κ3) is 4.48. The third-order valence-corrected chi connectivity index (χ3v) is 3.23. The van der Waals surface area contributed by atoms with E-state index in [-0.39, 0.29) is 11.9 Å². The molecule has 0 saturated heterocycles. The number of amides is 1. The van der Waals surface area contributed by atoms with Crippen LogP contribution in [0.15, 0.2) is 42.7 Å². The van der Waals surface area contributed by atoms with E-state index in [4.69, 9.17) is 4.74 Å². The maximum absolute atomic E-state index is 11.3. The molecule has 1 amide bonds. The SMILES string of the molecule is CCOC(=O)C=Cc1cccc(CN2C=CN(C(C)=O)C2)c1. The normalized spacial score (nSPS) is 13.9. The molecule has 0 unspecified atom stereocenters. The second-order valence-electron chi connectivity index (χ2n) is 5.01. The molecule has 1 heterocycles. The van der Waals surface area contributed by atoms with Crippen LogP contribution in [0.5, 0.6) is 0 Å². The lowest BCUT2D eigenvalue weighted by molar-refractivity contribution is -0.137. The average molecular weight is 300 g/mol. The van der Waals surface area contributed by atoms with Gasteiger partial charge in [-0.25, -0.2) is 4.79 Å². The number of rotatable bonds is 5. The molecular weight excluding hydrogens is 280 g/mol. The van der Waals surface area contributed by atoms with Gasteiger partial charge in [-0.3, -0.25) is 9.69 Å². The Bertz CT molecular complexity index is 608. The van der Waals surface area contributed by atoms with Crippen molar-refractivity contribution in [2.45, 2.75) is 20.4 Å². The minimum atomic E-state index is -0.340. The summed E-state index contributed by atoms with van der Waals surface area (Å²) in [4.78, 5) is 26.3. The average Bonchev–Trinajstić information content (AvgIpc) is 2.95. The van der Waals surface area contributed by atoms with Crippen LogP contribution in [0.4, 0.5) is 0 Å². The quantitative estimate of drug-likeness (QED) is 0.619. The predicted octanol–water partition coefficient (Wildman–Crippen LogP) is 2.36. The van der Waals surface area contributed by atoms with Crippen LogP contribution in [-0.4, -0.2) is 35.0 Å². The molecule has 0 fully saturated rings. The summed E-state index contributed by atoms with van der Waals surface area (Å²) in [6.45, 7) is 4.98. The van der Waals surface area contributed by atoms with Gasteiger partial charge in [-0.1, -0.05) is 18.2 Å². The molecule has 5 heteroatoms. The molecule has 0 aromatic heterocycles. The van der Waals surface area contributed by atoms with Gasteiger partial charge in [0.15, 0.2) is 0 Å². The Kier molecular flexibility index (Phi) is 5.36. The Balaban J connectivity index is 1.96. The van der Waals surface area contributed by atoms with Crippen LogP contribution in [0, 0.1) is 0 Å². The van der Waals surface area contributed by atoms with E-state index < -0.39 is 0 Å². The summed E-state index contributed by atoms with van der Waals surface area (Å²) in [5.74, 6) is -0.308. The summed E-state index contributed by atoms with van der Waals surface area (Å²) >= 11 is 0. The highest BCUT2D eigenvalue weighted by Gasteiger charge is 2.15. The molecule has 1 aromatic carbocycles. The number of esters is 1. The Morgan fingerprint density at radius 2 is 2.14 bits per heavy atom. The lowest BCUT2D eigenvalue weighted by Gasteiger charge is -2.19. The molecule has 1 aliphatic heterocycles. The van der Waals surface area contributed by atoms with Gasteiger partial charge in [0.05, 0.1) is 13.3 Å². The molecule has 0 spiro atoms. The first kappa shape index (κ1) is 15.8. The fourth-order valence-electron chi connectivity index (χ4n) is 2.16. The second-order valence-corrected chi connectivity index (χ2v) is 5.01. The van der Waals surface area contributed by atoms with Crippen molar-refractivity contribution >= 4 is 18.0 Å². The first-order valence-electron chi connectivity index (χ1n) is 7.22. The summed E-state index contributed by atoms with van der Waals surface area (Å²) in [5, 5.41) is 0. The highest BCUT2D eigenvalue weighted by molar-refractivity contribution is 5.87. The van der Waals surface area contributed by atoms with Crippen LogP contribution in [-0.2, 0) is 20.9 Å². The molecule has 2 rings (SSSR count). The molecule has 116 valence electrons. The Labute approximate surface area is 130 Å². The maximum Gasteiger partial charge on any atom is 0.330 e. The van der Waals surface area contributed by atoms with Gasteiger partial charge < -0.3 is 9.64 Å². The van der Waals surface area contributed by atoms with Crippen molar-refractivity contribution in [1.82, 2.24) is 9.80 Å². The van der Waals surface area contributed by atoms with E-state index in [1.807, 2.05) is 30.5 Å². The topological polar surface area (TPSA) is 49.9 Å². The third-order valence-electron chi connectivity index (χ3n) is 3.23. The van der Waals surface area contributed by atoms with Crippen LogP contribution in [0.2, 0.25) is 0 Å². The summed E-state index contributed by atoms with van der Waals surface area (Å²) < 4.78 is 4.86. The Morgan fingerprint density at radius 1 is 1.32 bits per heavy atom. The van der Waals surface area contributed by atoms with E-state index in [1.165, 1.54) is 6.08 Å². The van der Waals surface area contributed by atoms with Gasteiger partial charge >= 0.3 is 5.97 Å². The zero-order valence-electron chi connectivity index (χ0n) is 12.9. The van der Waals surface area contributed by atoms with Crippen molar-refractivity contribution in [2.75, 3.05) is 13.3 Å². The largest absolute Gasteiger partial charge is 0.463 e. The van der Waals surface area contributed by atoms with E-state index in [1.54, 1.807) is 31.0 Å². The van der Waals surface area contributed by atoms with Crippen LogP contribution >= 0.6 is 0 Å². The summed E-state index contributed by atoms with van der Waals surface area (Å²) in [5.41, 5.74) is 2.05. The smallest absolute Gasteiger partial charge is 0.330 e. The van der Waals surface area contributed by atoms with Crippen LogP contribution in [0.1, 0.15) is 25.0 Å². The summed E-state index contributed by atoms with van der Waals surface area (Å²) in [7, 11) is 0. The molecule has 1 aliphatic rings. The molecule has 0 atom stereocenters. The van der Waals surface area contributed by atoms with Crippen LogP contribution < -0.4 is 0 Å². The first-order valence-corrected chi connectivity index (χ1v) is 7.22. The fourth-order valence-corrected chi connectivity index (χ4v) is 2.16. The van der Waals surface area contributed by atoms with Gasteiger partial charge in [-0.15, -0.1) is 0 Å². The van der Waals surface area contributed by atoms with Crippen molar-refractivity contribution < 1.29 is 14.3 Å². The summed E-state index contributed by atoms with van der Waals surface area (Å²) in [6.07, 6.45) is 6.86. The molecule has 0 bridgehead atoms. The molecular formula is C17H20N2O3. The molecule has 0 saturated carbocycles. The summed E-state index contributed by atoms with van der Waals surface area (Å²) in [6, 6.07) is 7.91. The van der Waals surface area contributed by atoms with Crippen LogP contribution in [0.25, 0.3) is 6.08 Å². The fraction of sp³-hybridized carbons (Fsp3) is 0.294. The van der Waals surface area contributed by atoms with Crippen LogP contribution in [0.3, 0.4) is 0 Å². The minimum Gasteiger partial charge on any atom is -0.463 e. The lowest BCUT2D eigenvalue weighted by Crippen LogP contribution is -2.28. The van der Waals surface area contributed by atoms with Gasteiger partial charge in [0.1, 0.15) is 0 Å². The van der Waals surface area contributed by atoms with Crippen molar-refractivity contribution in [2.24, 2.45) is 0 Å². The van der Waals surface area contributed by atoms with Gasteiger partial charge in [0.25, 0.3) is 0 Å². The minimum absolute atomic E-state index is 0.0323. The van der Waals surface area contributed by atoms with Crippen molar-refractivity contribution in [1.29, 1.82) is 0 Å². The monoisotopic (exact) mass is 300 g/mol. The number of ether oxygens (including phenoxy) is 1. The van der Waals surface area contributed by atoms with Crippen molar-refractivity contribution in [3.05, 3.63) is 53.9 Å². The number of benzene rings is 1. The highest BCUT2D eigenvalue weighted by atomic mass is 16.5. The number of nitrogens with zero attached hydrogens (tertiary/aromatic N) is 2. The predicted molar refractivity (Wildman–Crippen MR) is 84.2 cm³/mol. The number of carbonyl (C=O) groups excluding carboxylic acids is 2. The molecule has 0 N–H and O–H groups in total. The lowest BCUT2D eigenvalue weighted by atomic mass is 10.1. The van der Waals surface area contributed by atoms with Crippen molar-refractivity contribution in [3.63, 3.8) is 0 Å². The van der Waals surface area contributed by atoms with Gasteiger partial charge in [0.2, 0.25) is 5.91 Å². The molecule has 1 aromatic rings. The number of hydrogen-bond acceptors (Lipinski definition) is 4. The highest BCUT2D eigenvalue weighted by Crippen LogP contribution is 2.14. The molecule has 5 nitrogen and oxygen atoms in total. The molecule has 0 radical (unpaired) electrons. The zero-order chi connectivity index (χ0) is 15.9. The first-order chi connectivity index (χ1) is 10.6. The van der Waals surface area contributed by atoms with E-state index in [0.29, 0.717) is 19.8 Å². The number of carbonyl (C=O) groups is 2. The van der Waals surface area contributed by atoms with E-state index in [2.05, 4.69) is 4.90 Å². The van der Waals surface area contributed by atoms with Gasteiger partial charge in [-0.05, 0) is 30.2 Å². The standard InChI is InChI=1S/C17H20N2O3/c1-3-22-17(21)8-7-15-5-4-6-16(11-15)12-18-9-10-19(13-18)14(2)20/h4-11H,3,12-13H2,1-2H3. The Morgan fingerprint density at radius 3 is 2.82 bits per heavy atom. The van der Waals surface area contributed by atoms with Gasteiger partial charge in [-0.2, -0.15) is 0 Å². The zero-order valence-corrected chi connectivity index (χ0v) is 12.9. The van der Waals surface area contributed by atoms with Gasteiger partial charge in [0, 0.05) is 31.9 Å². The van der Waals surface area contributed by atoms with E-state index in [9.17, 15) is 9.59 Å².